The smallest absolute Gasteiger partial charge is 0.207 e. The standard InChI is InChI=1S/C12H13ClFN3/c1-2-7-17-8-6-15-12(17)16-10-5-3-4-9(13)11(10)14/h3-6,8H,2,7H2,1H3,(H,15,16). The van der Waals surface area contributed by atoms with Gasteiger partial charge < -0.3 is 9.88 Å². The molecule has 1 aromatic carbocycles. The van der Waals surface area contributed by atoms with Crippen LogP contribution in [0.1, 0.15) is 13.3 Å². The van der Waals surface area contributed by atoms with Crippen LogP contribution in [0.3, 0.4) is 0 Å². The van der Waals surface area contributed by atoms with Crippen LogP contribution in [-0.4, -0.2) is 9.55 Å². The third kappa shape index (κ3) is 2.58. The van der Waals surface area contributed by atoms with Crippen molar-refractivity contribution in [1.82, 2.24) is 9.55 Å². The van der Waals surface area contributed by atoms with E-state index in [1.54, 1.807) is 18.3 Å². The van der Waals surface area contributed by atoms with Crippen LogP contribution in [0.5, 0.6) is 0 Å². The minimum absolute atomic E-state index is 0.101. The number of hydrogen-bond donors (Lipinski definition) is 1. The second-order valence-electron chi connectivity index (χ2n) is 3.67. The van der Waals surface area contributed by atoms with Gasteiger partial charge in [-0.25, -0.2) is 9.37 Å². The third-order valence-electron chi connectivity index (χ3n) is 2.38. The quantitative estimate of drug-likeness (QED) is 0.898. The van der Waals surface area contributed by atoms with Gasteiger partial charge >= 0.3 is 0 Å². The zero-order valence-electron chi connectivity index (χ0n) is 9.45. The van der Waals surface area contributed by atoms with Crippen molar-refractivity contribution in [2.75, 3.05) is 5.32 Å². The van der Waals surface area contributed by atoms with Gasteiger partial charge in [0, 0.05) is 18.9 Å². The molecule has 0 aliphatic rings. The summed E-state index contributed by atoms with van der Waals surface area (Å²) in [5.74, 6) is 0.160. The molecule has 5 heteroatoms. The third-order valence-corrected chi connectivity index (χ3v) is 2.67. The number of nitrogens with zero attached hydrogens (tertiary/aromatic N) is 2. The summed E-state index contributed by atoms with van der Waals surface area (Å²) in [5.41, 5.74) is 0.334. The summed E-state index contributed by atoms with van der Waals surface area (Å²) >= 11 is 5.71. The Kier molecular flexibility index (Phi) is 3.64. The van der Waals surface area contributed by atoms with Gasteiger partial charge in [-0.15, -0.1) is 0 Å². The Balaban J connectivity index is 2.25. The lowest BCUT2D eigenvalue weighted by atomic mass is 10.3. The molecule has 3 nitrogen and oxygen atoms in total. The lowest BCUT2D eigenvalue weighted by molar-refractivity contribution is 0.630. The largest absolute Gasteiger partial charge is 0.323 e. The Bertz CT molecular complexity index is 510. The maximum atomic E-state index is 13.7. The minimum atomic E-state index is -0.458. The number of hydrogen-bond acceptors (Lipinski definition) is 2. The summed E-state index contributed by atoms with van der Waals surface area (Å²) in [6, 6.07) is 4.84. The first-order valence-corrected chi connectivity index (χ1v) is 5.82. The van der Waals surface area contributed by atoms with Crippen molar-refractivity contribution in [2.45, 2.75) is 19.9 Å². The highest BCUT2D eigenvalue weighted by molar-refractivity contribution is 6.31. The lowest BCUT2D eigenvalue weighted by Gasteiger charge is -2.09. The number of aromatic nitrogens is 2. The van der Waals surface area contributed by atoms with Gasteiger partial charge in [-0.2, -0.15) is 0 Å². The van der Waals surface area contributed by atoms with E-state index in [9.17, 15) is 4.39 Å². The molecule has 0 spiro atoms. The van der Waals surface area contributed by atoms with Gasteiger partial charge in [0.2, 0.25) is 5.95 Å². The molecule has 0 aliphatic carbocycles. The summed E-state index contributed by atoms with van der Waals surface area (Å²) in [7, 11) is 0. The fourth-order valence-corrected chi connectivity index (χ4v) is 1.75. The van der Waals surface area contributed by atoms with Crippen LogP contribution in [0.25, 0.3) is 0 Å². The Hall–Kier alpha value is -1.55. The van der Waals surface area contributed by atoms with Crippen molar-refractivity contribution in [3.63, 3.8) is 0 Å². The normalized spacial score (nSPS) is 10.5. The molecule has 1 aromatic heterocycles. The molecular weight excluding hydrogens is 241 g/mol. The van der Waals surface area contributed by atoms with Gasteiger partial charge in [0.15, 0.2) is 5.82 Å². The predicted molar refractivity (Wildman–Crippen MR) is 67.2 cm³/mol. The molecule has 2 aromatic rings. The first-order chi connectivity index (χ1) is 8.22. The number of imidazole rings is 1. The average molecular weight is 254 g/mol. The molecular formula is C12H13ClFN3. The maximum Gasteiger partial charge on any atom is 0.207 e. The van der Waals surface area contributed by atoms with E-state index in [1.165, 1.54) is 6.07 Å². The van der Waals surface area contributed by atoms with Crippen LogP contribution in [-0.2, 0) is 6.54 Å². The summed E-state index contributed by atoms with van der Waals surface area (Å²) in [4.78, 5) is 4.14. The number of nitrogens with one attached hydrogen (secondary N) is 1. The van der Waals surface area contributed by atoms with E-state index < -0.39 is 5.82 Å². The molecule has 90 valence electrons. The van der Waals surface area contributed by atoms with E-state index in [-0.39, 0.29) is 5.02 Å². The molecule has 0 bridgehead atoms. The molecule has 0 saturated heterocycles. The zero-order chi connectivity index (χ0) is 12.3. The molecule has 0 aliphatic heterocycles. The average Bonchev–Trinajstić information content (AvgIpc) is 2.73. The molecule has 0 radical (unpaired) electrons. The topological polar surface area (TPSA) is 29.9 Å². The van der Waals surface area contributed by atoms with Crippen LogP contribution in [0.15, 0.2) is 30.6 Å². The van der Waals surface area contributed by atoms with Gasteiger partial charge in [-0.1, -0.05) is 24.6 Å². The van der Waals surface area contributed by atoms with Crippen LogP contribution in [0.2, 0.25) is 5.02 Å². The summed E-state index contributed by atoms with van der Waals surface area (Å²) < 4.78 is 15.6. The van der Waals surface area contributed by atoms with E-state index in [4.69, 9.17) is 11.6 Å². The zero-order valence-corrected chi connectivity index (χ0v) is 10.2. The summed E-state index contributed by atoms with van der Waals surface area (Å²) in [6.45, 7) is 2.91. The van der Waals surface area contributed by atoms with Crippen molar-refractivity contribution in [3.05, 3.63) is 41.4 Å². The van der Waals surface area contributed by atoms with Crippen LogP contribution >= 0.6 is 11.6 Å². The SMILES string of the molecule is CCCn1ccnc1Nc1cccc(Cl)c1F. The number of anilines is 2. The molecule has 0 fully saturated rings. The van der Waals surface area contributed by atoms with Crippen molar-refractivity contribution >= 4 is 23.2 Å². The predicted octanol–water partition coefficient (Wildman–Crippen LogP) is 3.83. The summed E-state index contributed by atoms with van der Waals surface area (Å²) in [6.07, 6.45) is 4.53. The molecule has 0 atom stereocenters. The van der Waals surface area contributed by atoms with E-state index in [1.807, 2.05) is 10.8 Å². The van der Waals surface area contributed by atoms with E-state index >= 15 is 0 Å². The van der Waals surface area contributed by atoms with Crippen LogP contribution in [0.4, 0.5) is 16.0 Å². The van der Waals surface area contributed by atoms with Gasteiger partial charge in [0.05, 0.1) is 10.7 Å². The maximum absolute atomic E-state index is 13.7. The van der Waals surface area contributed by atoms with E-state index in [0.29, 0.717) is 11.6 Å². The molecule has 17 heavy (non-hydrogen) atoms. The van der Waals surface area contributed by atoms with Crippen molar-refractivity contribution < 1.29 is 4.39 Å². The molecule has 0 saturated carbocycles. The fourth-order valence-electron chi connectivity index (χ4n) is 1.58. The van der Waals surface area contributed by atoms with Crippen molar-refractivity contribution in [3.8, 4) is 0 Å². The molecule has 0 unspecified atom stereocenters. The Morgan fingerprint density at radius 2 is 2.29 bits per heavy atom. The fraction of sp³-hybridized carbons (Fsp3) is 0.250. The van der Waals surface area contributed by atoms with E-state index in [2.05, 4.69) is 17.2 Å². The molecule has 0 amide bonds. The first-order valence-electron chi connectivity index (χ1n) is 5.44. The highest BCUT2D eigenvalue weighted by atomic mass is 35.5. The summed E-state index contributed by atoms with van der Waals surface area (Å²) in [5, 5.41) is 3.04. The molecule has 1 N–H and O–H groups in total. The molecule has 1 heterocycles. The minimum Gasteiger partial charge on any atom is -0.323 e. The monoisotopic (exact) mass is 253 g/mol. The second-order valence-corrected chi connectivity index (χ2v) is 4.08. The number of halogens is 2. The van der Waals surface area contributed by atoms with Gasteiger partial charge in [-0.3, -0.25) is 0 Å². The first kappa shape index (κ1) is 11.9. The second kappa shape index (κ2) is 5.19. The van der Waals surface area contributed by atoms with Crippen molar-refractivity contribution in [2.24, 2.45) is 0 Å². The van der Waals surface area contributed by atoms with Crippen molar-refractivity contribution in [1.29, 1.82) is 0 Å². The number of aryl methyl sites for hydroxylation is 1. The lowest BCUT2D eigenvalue weighted by Crippen LogP contribution is -2.04. The van der Waals surface area contributed by atoms with Crippen LogP contribution in [0, 0.1) is 5.82 Å². The molecule has 2 rings (SSSR count). The van der Waals surface area contributed by atoms with E-state index in [0.717, 1.165) is 13.0 Å². The van der Waals surface area contributed by atoms with Gasteiger partial charge in [0.25, 0.3) is 0 Å². The Morgan fingerprint density at radius 3 is 3.06 bits per heavy atom. The highest BCUT2D eigenvalue weighted by Gasteiger charge is 2.08. The van der Waals surface area contributed by atoms with Crippen LogP contribution < -0.4 is 5.32 Å². The number of rotatable bonds is 4. The van der Waals surface area contributed by atoms with Gasteiger partial charge in [0.1, 0.15) is 0 Å². The van der Waals surface area contributed by atoms with Gasteiger partial charge in [-0.05, 0) is 18.6 Å². The number of benzene rings is 1. The highest BCUT2D eigenvalue weighted by Crippen LogP contribution is 2.24. The Morgan fingerprint density at radius 1 is 1.47 bits per heavy atom. The Labute approximate surface area is 104 Å².